The van der Waals surface area contributed by atoms with Crippen LogP contribution in [0.4, 0.5) is 18.0 Å². The van der Waals surface area contributed by atoms with Crippen LogP contribution >= 0.6 is 0 Å². The normalized spacial score (nSPS) is 12.7. The van der Waals surface area contributed by atoms with Crippen LogP contribution in [0, 0.1) is 0 Å². The molecule has 2 N–H and O–H groups in total. The van der Waals surface area contributed by atoms with Gasteiger partial charge in [0.1, 0.15) is 12.6 Å². The van der Waals surface area contributed by atoms with Gasteiger partial charge < -0.3 is 20.1 Å². The van der Waals surface area contributed by atoms with Crippen molar-refractivity contribution in [2.75, 3.05) is 13.7 Å². The number of alkyl halides is 3. The molecule has 0 unspecified atom stereocenters. The standard InChI is InChI=1S/C11H17F3N2O5/c1-6(2)16(5-11(12,13)14)10(20)15-7(9(18)19)4-8(17)21-3/h6-7H,4-5H2,1-3H3,(H,15,20)(H,18,19)/t7-/m0/s1. The molecular weight excluding hydrogens is 297 g/mol. The summed E-state index contributed by atoms with van der Waals surface area (Å²) in [5.74, 6) is -2.46. The van der Waals surface area contributed by atoms with E-state index in [-0.39, 0.29) is 0 Å². The number of hydrogen-bond donors (Lipinski definition) is 2. The first-order valence-corrected chi connectivity index (χ1v) is 5.91. The Labute approximate surface area is 119 Å². The maximum Gasteiger partial charge on any atom is 0.406 e. The molecule has 0 aromatic heterocycles. The molecule has 0 radical (unpaired) electrons. The highest BCUT2D eigenvalue weighted by Crippen LogP contribution is 2.18. The molecular formula is C11H17F3N2O5. The molecule has 0 spiro atoms. The van der Waals surface area contributed by atoms with E-state index in [1.807, 2.05) is 5.32 Å². The molecule has 0 aromatic carbocycles. The number of amides is 2. The molecule has 122 valence electrons. The maximum atomic E-state index is 12.4. The molecule has 21 heavy (non-hydrogen) atoms. The van der Waals surface area contributed by atoms with Crippen LogP contribution < -0.4 is 5.32 Å². The van der Waals surface area contributed by atoms with Crippen molar-refractivity contribution in [3.63, 3.8) is 0 Å². The van der Waals surface area contributed by atoms with Crippen molar-refractivity contribution in [2.45, 2.75) is 38.5 Å². The zero-order valence-corrected chi connectivity index (χ0v) is 11.7. The molecule has 10 heteroatoms. The summed E-state index contributed by atoms with van der Waals surface area (Å²) in [6.07, 6.45) is -5.31. The third-order valence-corrected chi connectivity index (χ3v) is 2.43. The molecule has 0 bridgehead atoms. The number of carbonyl (C=O) groups excluding carboxylic acids is 2. The van der Waals surface area contributed by atoms with Gasteiger partial charge in [-0.2, -0.15) is 13.2 Å². The van der Waals surface area contributed by atoms with Crippen molar-refractivity contribution in [1.29, 1.82) is 0 Å². The minimum atomic E-state index is -4.62. The van der Waals surface area contributed by atoms with E-state index in [2.05, 4.69) is 4.74 Å². The van der Waals surface area contributed by atoms with E-state index in [9.17, 15) is 27.6 Å². The molecule has 0 saturated carbocycles. The SMILES string of the molecule is COC(=O)C[C@H](NC(=O)N(CC(F)(F)F)C(C)C)C(=O)O. The van der Waals surface area contributed by atoms with Crippen LogP contribution in [-0.2, 0) is 14.3 Å². The van der Waals surface area contributed by atoms with E-state index < -0.39 is 49.2 Å². The van der Waals surface area contributed by atoms with Gasteiger partial charge in [-0.1, -0.05) is 0 Å². The summed E-state index contributed by atoms with van der Waals surface area (Å²) in [7, 11) is 1.02. The fraction of sp³-hybridized carbons (Fsp3) is 0.727. The lowest BCUT2D eigenvalue weighted by atomic mass is 10.2. The Balaban J connectivity index is 4.92. The average Bonchev–Trinajstić information content (AvgIpc) is 2.33. The minimum Gasteiger partial charge on any atom is -0.480 e. The third-order valence-electron chi connectivity index (χ3n) is 2.43. The van der Waals surface area contributed by atoms with Gasteiger partial charge in [-0.15, -0.1) is 0 Å². The highest BCUT2D eigenvalue weighted by atomic mass is 19.4. The summed E-state index contributed by atoms with van der Waals surface area (Å²) < 4.78 is 41.4. The van der Waals surface area contributed by atoms with Crippen LogP contribution in [0.15, 0.2) is 0 Å². The predicted octanol–water partition coefficient (Wildman–Crippen LogP) is 0.985. The first-order valence-electron chi connectivity index (χ1n) is 5.91. The van der Waals surface area contributed by atoms with Crippen molar-refractivity contribution in [2.24, 2.45) is 0 Å². The number of aliphatic carboxylic acids is 1. The van der Waals surface area contributed by atoms with Crippen LogP contribution in [-0.4, -0.2) is 59.9 Å². The second-order valence-electron chi connectivity index (χ2n) is 4.46. The van der Waals surface area contributed by atoms with E-state index in [0.29, 0.717) is 4.90 Å². The Morgan fingerprint density at radius 2 is 1.81 bits per heavy atom. The van der Waals surface area contributed by atoms with Gasteiger partial charge in [0.2, 0.25) is 0 Å². The van der Waals surface area contributed by atoms with Crippen molar-refractivity contribution in [1.82, 2.24) is 10.2 Å². The number of carboxylic acids is 1. The molecule has 0 aliphatic heterocycles. The number of hydrogen-bond acceptors (Lipinski definition) is 4. The molecule has 2 amide bonds. The number of esters is 1. The predicted molar refractivity (Wildman–Crippen MR) is 64.5 cm³/mol. The summed E-state index contributed by atoms with van der Waals surface area (Å²) in [5.41, 5.74) is 0. The first kappa shape index (κ1) is 19.0. The summed E-state index contributed by atoms with van der Waals surface area (Å²) in [4.78, 5) is 34.1. The topological polar surface area (TPSA) is 95.9 Å². The Kier molecular flexibility index (Phi) is 6.96. The molecule has 0 aliphatic rings. The molecule has 1 atom stereocenters. The molecule has 0 fully saturated rings. The van der Waals surface area contributed by atoms with Gasteiger partial charge in [0, 0.05) is 6.04 Å². The summed E-state index contributed by atoms with van der Waals surface area (Å²) in [6, 6.07) is -3.70. The number of urea groups is 1. The fourth-order valence-corrected chi connectivity index (χ4v) is 1.36. The van der Waals surface area contributed by atoms with Crippen LogP contribution in [0.3, 0.4) is 0 Å². The molecule has 0 rings (SSSR count). The second kappa shape index (κ2) is 7.70. The molecule has 0 aliphatic carbocycles. The Bertz CT molecular complexity index is 398. The van der Waals surface area contributed by atoms with E-state index in [1.54, 1.807) is 0 Å². The van der Waals surface area contributed by atoms with Crippen LogP contribution in [0.25, 0.3) is 0 Å². The lowest BCUT2D eigenvalue weighted by Crippen LogP contribution is -2.53. The van der Waals surface area contributed by atoms with Gasteiger partial charge in [-0.25, -0.2) is 9.59 Å². The van der Waals surface area contributed by atoms with Gasteiger partial charge in [-0.05, 0) is 13.8 Å². The number of carbonyl (C=O) groups is 3. The molecule has 0 heterocycles. The third kappa shape index (κ3) is 7.37. The van der Waals surface area contributed by atoms with Gasteiger partial charge in [0.25, 0.3) is 0 Å². The number of nitrogens with one attached hydrogen (secondary N) is 1. The smallest absolute Gasteiger partial charge is 0.406 e. The largest absolute Gasteiger partial charge is 0.480 e. The first-order chi connectivity index (χ1) is 9.47. The number of methoxy groups -OCH3 is 1. The van der Waals surface area contributed by atoms with Gasteiger partial charge >= 0.3 is 24.1 Å². The van der Waals surface area contributed by atoms with E-state index in [4.69, 9.17) is 5.11 Å². The molecule has 7 nitrogen and oxygen atoms in total. The zero-order valence-electron chi connectivity index (χ0n) is 11.7. The van der Waals surface area contributed by atoms with Crippen LogP contribution in [0.5, 0.6) is 0 Å². The van der Waals surface area contributed by atoms with Crippen LogP contribution in [0.1, 0.15) is 20.3 Å². The number of halogens is 3. The van der Waals surface area contributed by atoms with Gasteiger partial charge in [-0.3, -0.25) is 4.79 Å². The number of nitrogens with zero attached hydrogens (tertiary/aromatic N) is 1. The highest BCUT2D eigenvalue weighted by Gasteiger charge is 2.35. The number of ether oxygens (including phenoxy) is 1. The summed E-state index contributed by atoms with van der Waals surface area (Å²) in [6.45, 7) is 1.17. The van der Waals surface area contributed by atoms with Crippen molar-refractivity contribution < 1.29 is 37.4 Å². The van der Waals surface area contributed by atoms with E-state index in [0.717, 1.165) is 7.11 Å². The van der Waals surface area contributed by atoms with Crippen molar-refractivity contribution in [3.8, 4) is 0 Å². The quantitative estimate of drug-likeness (QED) is 0.713. The van der Waals surface area contributed by atoms with Gasteiger partial charge in [0.05, 0.1) is 13.5 Å². The van der Waals surface area contributed by atoms with Gasteiger partial charge in [0.15, 0.2) is 0 Å². The van der Waals surface area contributed by atoms with Crippen molar-refractivity contribution in [3.05, 3.63) is 0 Å². The minimum absolute atomic E-state index is 0.424. The lowest BCUT2D eigenvalue weighted by molar-refractivity contribution is -0.148. The number of rotatable bonds is 6. The fourth-order valence-electron chi connectivity index (χ4n) is 1.36. The average molecular weight is 314 g/mol. The van der Waals surface area contributed by atoms with E-state index >= 15 is 0 Å². The maximum absolute atomic E-state index is 12.4. The second-order valence-corrected chi connectivity index (χ2v) is 4.46. The highest BCUT2D eigenvalue weighted by molar-refractivity contribution is 5.86. The Hall–Kier alpha value is -2.00. The Morgan fingerprint density at radius 1 is 1.29 bits per heavy atom. The monoisotopic (exact) mass is 314 g/mol. The van der Waals surface area contributed by atoms with Crippen molar-refractivity contribution >= 4 is 18.0 Å². The molecule has 0 saturated heterocycles. The molecule has 0 aromatic rings. The lowest BCUT2D eigenvalue weighted by Gasteiger charge is -2.29. The summed E-state index contributed by atoms with van der Waals surface area (Å²) in [5, 5.41) is 10.7. The van der Waals surface area contributed by atoms with E-state index in [1.165, 1.54) is 13.8 Å². The van der Waals surface area contributed by atoms with Crippen LogP contribution in [0.2, 0.25) is 0 Å². The Morgan fingerprint density at radius 3 is 2.14 bits per heavy atom. The zero-order chi connectivity index (χ0) is 16.8. The number of carboxylic acid groups (broad SMARTS) is 1. The summed E-state index contributed by atoms with van der Waals surface area (Å²) >= 11 is 0.